The molecule has 2 unspecified atom stereocenters. The molecule has 2 aromatic heterocycles. The lowest BCUT2D eigenvalue weighted by atomic mass is 10.0. The third-order valence-electron chi connectivity index (χ3n) is 4.17. The van der Waals surface area contributed by atoms with Crippen LogP contribution in [0.1, 0.15) is 34.7 Å². The zero-order valence-electron chi connectivity index (χ0n) is 10.7. The monoisotopic (exact) mass is 264 g/mol. The van der Waals surface area contributed by atoms with E-state index in [4.69, 9.17) is 13.6 Å². The topological polar surface area (TPSA) is 35.5 Å². The molecule has 0 saturated heterocycles. The van der Waals surface area contributed by atoms with Gasteiger partial charge in [-0.15, -0.1) is 0 Å². The van der Waals surface area contributed by atoms with Crippen molar-refractivity contribution in [2.75, 3.05) is 0 Å². The molecule has 4 heterocycles. The van der Waals surface area contributed by atoms with Gasteiger partial charge in [0.1, 0.15) is 11.9 Å². The molecule has 0 spiro atoms. The van der Waals surface area contributed by atoms with Gasteiger partial charge in [-0.2, -0.15) is 0 Å². The lowest BCUT2D eigenvalue weighted by molar-refractivity contribution is 0.00907. The van der Waals surface area contributed by atoms with Crippen LogP contribution in [-0.2, 0) is 11.2 Å². The molecule has 2 atom stereocenters. The summed E-state index contributed by atoms with van der Waals surface area (Å²) in [6.45, 7) is 0. The molecule has 0 radical (unpaired) electrons. The maximum absolute atomic E-state index is 6.10. The molecule has 0 saturated carbocycles. The molecule has 1 aromatic carbocycles. The van der Waals surface area contributed by atoms with Crippen LogP contribution in [0.3, 0.4) is 0 Å². The van der Waals surface area contributed by atoms with Crippen molar-refractivity contribution in [3.05, 3.63) is 71.2 Å². The molecule has 0 aliphatic carbocycles. The minimum absolute atomic E-state index is 0.0661. The Morgan fingerprint density at radius 3 is 2.70 bits per heavy atom. The second-order valence-electron chi connectivity index (χ2n) is 5.32. The van der Waals surface area contributed by atoms with Gasteiger partial charge in [-0.1, -0.05) is 24.3 Å². The van der Waals surface area contributed by atoms with Crippen LogP contribution in [0.5, 0.6) is 0 Å². The third-order valence-corrected chi connectivity index (χ3v) is 4.17. The smallest absolute Gasteiger partial charge is 0.169 e. The molecule has 5 rings (SSSR count). The Morgan fingerprint density at radius 2 is 1.85 bits per heavy atom. The summed E-state index contributed by atoms with van der Waals surface area (Å²) in [5.74, 6) is 2.48. The van der Waals surface area contributed by atoms with E-state index in [9.17, 15) is 0 Å². The summed E-state index contributed by atoms with van der Waals surface area (Å²) in [7, 11) is 0. The number of hydrogen-bond acceptors (Lipinski definition) is 3. The average molecular weight is 264 g/mol. The first-order valence-corrected chi connectivity index (χ1v) is 6.81. The van der Waals surface area contributed by atoms with Crippen molar-refractivity contribution in [1.29, 1.82) is 0 Å². The zero-order chi connectivity index (χ0) is 13.1. The molecule has 0 amide bonds. The Kier molecular flexibility index (Phi) is 1.92. The van der Waals surface area contributed by atoms with E-state index in [1.165, 1.54) is 16.7 Å². The van der Waals surface area contributed by atoms with E-state index >= 15 is 0 Å². The molecule has 3 nitrogen and oxygen atoms in total. The van der Waals surface area contributed by atoms with Gasteiger partial charge in [0, 0.05) is 12.0 Å². The van der Waals surface area contributed by atoms with Crippen molar-refractivity contribution in [2.24, 2.45) is 0 Å². The molecule has 2 aliphatic heterocycles. The second kappa shape index (κ2) is 3.64. The Hall–Kier alpha value is -2.26. The molecule has 20 heavy (non-hydrogen) atoms. The quantitative estimate of drug-likeness (QED) is 0.659. The number of rotatable bonds is 1. The van der Waals surface area contributed by atoms with Crippen molar-refractivity contribution in [3.8, 4) is 11.5 Å². The number of hydrogen-bond donors (Lipinski definition) is 0. The van der Waals surface area contributed by atoms with Crippen molar-refractivity contribution < 1.29 is 13.6 Å². The Labute approximate surface area is 115 Å². The van der Waals surface area contributed by atoms with Crippen LogP contribution in [0, 0.1) is 0 Å². The molecule has 3 aromatic rings. The molecule has 0 fully saturated rings. The van der Waals surface area contributed by atoms with E-state index in [1.807, 2.05) is 12.1 Å². The molecule has 2 aliphatic rings. The Bertz CT molecular complexity index is 782. The van der Waals surface area contributed by atoms with Crippen LogP contribution in [-0.4, -0.2) is 0 Å². The highest BCUT2D eigenvalue weighted by Gasteiger charge is 2.41. The molecule has 98 valence electrons. The van der Waals surface area contributed by atoms with Gasteiger partial charge in [0.25, 0.3) is 0 Å². The lowest BCUT2D eigenvalue weighted by Crippen LogP contribution is -2.10. The van der Waals surface area contributed by atoms with Crippen molar-refractivity contribution in [3.63, 3.8) is 0 Å². The summed E-state index contributed by atoms with van der Waals surface area (Å²) < 4.78 is 17.5. The van der Waals surface area contributed by atoms with Crippen LogP contribution < -0.4 is 0 Å². The second-order valence-corrected chi connectivity index (χ2v) is 5.32. The van der Waals surface area contributed by atoms with E-state index in [0.29, 0.717) is 0 Å². The average Bonchev–Trinajstić information content (AvgIpc) is 3.19. The molecular formula is C17H12O3. The van der Waals surface area contributed by atoms with Gasteiger partial charge in [-0.3, -0.25) is 0 Å². The van der Waals surface area contributed by atoms with E-state index in [0.717, 1.165) is 23.7 Å². The number of furan rings is 2. The molecular weight excluding hydrogens is 252 g/mol. The predicted octanol–water partition coefficient (Wildman–Crippen LogP) is 4.26. The maximum atomic E-state index is 6.10. The van der Waals surface area contributed by atoms with Gasteiger partial charge in [0.2, 0.25) is 0 Å². The van der Waals surface area contributed by atoms with Crippen LogP contribution in [0.15, 0.2) is 57.6 Å². The fourth-order valence-electron chi connectivity index (χ4n) is 3.28. The SMILES string of the molecule is c1coc(-c2cc3c(o2)C2OC(C3)c3ccccc32)c1. The van der Waals surface area contributed by atoms with Gasteiger partial charge >= 0.3 is 0 Å². The van der Waals surface area contributed by atoms with Gasteiger partial charge in [-0.25, -0.2) is 0 Å². The minimum atomic E-state index is -0.0661. The highest BCUT2D eigenvalue weighted by atomic mass is 16.5. The first-order valence-electron chi connectivity index (χ1n) is 6.81. The Balaban J connectivity index is 1.67. The van der Waals surface area contributed by atoms with Crippen molar-refractivity contribution in [2.45, 2.75) is 18.6 Å². The summed E-state index contributed by atoms with van der Waals surface area (Å²) in [6.07, 6.45) is 2.62. The standard InChI is InChI=1S/C17H12O3/c1-2-5-12-11(4-1)14-8-10-9-15(13-6-3-7-18-13)20-16(10)17(12)19-14/h1-7,9,14,17H,8H2. The van der Waals surface area contributed by atoms with E-state index in [1.54, 1.807) is 6.26 Å². The van der Waals surface area contributed by atoms with Crippen LogP contribution >= 0.6 is 0 Å². The summed E-state index contributed by atoms with van der Waals surface area (Å²) >= 11 is 0. The Morgan fingerprint density at radius 1 is 0.950 bits per heavy atom. The summed E-state index contributed by atoms with van der Waals surface area (Å²) in [4.78, 5) is 0. The number of fused-ring (bicyclic) bond motifs is 7. The van der Waals surface area contributed by atoms with Crippen molar-refractivity contribution >= 4 is 0 Å². The fraction of sp³-hybridized carbons (Fsp3) is 0.176. The minimum Gasteiger partial charge on any atom is -0.461 e. The highest BCUT2D eigenvalue weighted by molar-refractivity contribution is 5.55. The predicted molar refractivity (Wildman–Crippen MR) is 72.2 cm³/mol. The van der Waals surface area contributed by atoms with Crippen LogP contribution in [0.25, 0.3) is 11.5 Å². The molecule has 3 heteroatoms. The highest BCUT2D eigenvalue weighted by Crippen LogP contribution is 2.50. The first-order chi connectivity index (χ1) is 9.90. The largest absolute Gasteiger partial charge is 0.461 e. The van der Waals surface area contributed by atoms with Gasteiger partial charge in [0.05, 0.1) is 12.4 Å². The summed E-state index contributed by atoms with van der Waals surface area (Å²) in [6, 6.07) is 14.3. The third kappa shape index (κ3) is 1.28. The maximum Gasteiger partial charge on any atom is 0.169 e. The van der Waals surface area contributed by atoms with Gasteiger partial charge in [0.15, 0.2) is 11.5 Å². The number of ether oxygens (including phenoxy) is 1. The van der Waals surface area contributed by atoms with Crippen LogP contribution in [0.2, 0.25) is 0 Å². The summed E-state index contributed by atoms with van der Waals surface area (Å²) in [5, 5.41) is 0. The lowest BCUT2D eigenvalue weighted by Gasteiger charge is -2.19. The van der Waals surface area contributed by atoms with E-state index < -0.39 is 0 Å². The van der Waals surface area contributed by atoms with E-state index in [-0.39, 0.29) is 12.2 Å². The van der Waals surface area contributed by atoms with Crippen LogP contribution in [0.4, 0.5) is 0 Å². The number of benzene rings is 1. The van der Waals surface area contributed by atoms with E-state index in [2.05, 4.69) is 30.3 Å². The molecule has 0 N–H and O–H groups in total. The van der Waals surface area contributed by atoms with Gasteiger partial charge in [-0.05, 0) is 29.3 Å². The van der Waals surface area contributed by atoms with Crippen molar-refractivity contribution in [1.82, 2.24) is 0 Å². The zero-order valence-corrected chi connectivity index (χ0v) is 10.7. The summed E-state index contributed by atoms with van der Waals surface area (Å²) in [5.41, 5.74) is 3.76. The first kappa shape index (κ1) is 10.5. The van der Waals surface area contributed by atoms with Gasteiger partial charge < -0.3 is 13.6 Å². The normalized spacial score (nSPS) is 22.6. The molecule has 2 bridgehead atoms. The fourth-order valence-corrected chi connectivity index (χ4v) is 3.28.